The minimum Gasteiger partial charge on any atom is -0.449 e. The van der Waals surface area contributed by atoms with E-state index < -0.39 is 45.2 Å². The summed E-state index contributed by atoms with van der Waals surface area (Å²) in [6, 6.07) is 7.77. The van der Waals surface area contributed by atoms with E-state index in [0.29, 0.717) is 0 Å². The number of nitrogens with two attached hydrogens (primary N) is 1. The largest absolute Gasteiger partial charge is 0.449 e. The van der Waals surface area contributed by atoms with Gasteiger partial charge in [-0.25, -0.2) is 27.1 Å². The van der Waals surface area contributed by atoms with Gasteiger partial charge in [-0.05, 0) is 43.3 Å². The summed E-state index contributed by atoms with van der Waals surface area (Å²) in [5, 5.41) is 7.32. The molecule has 0 saturated heterocycles. The Labute approximate surface area is 147 Å². The minimum atomic E-state index is -3.87. The van der Waals surface area contributed by atoms with Crippen molar-refractivity contribution in [3.8, 4) is 0 Å². The number of benzene rings is 2. The van der Waals surface area contributed by atoms with E-state index in [1.165, 1.54) is 31.2 Å². The Hall–Kier alpha value is -2.85. The Balaban J connectivity index is 2.05. The molecule has 2 aromatic rings. The van der Waals surface area contributed by atoms with Gasteiger partial charge in [0.25, 0.3) is 5.91 Å². The summed E-state index contributed by atoms with van der Waals surface area (Å²) in [6.45, 7) is 1.21. The quantitative estimate of drug-likeness (QED) is 0.763. The van der Waals surface area contributed by atoms with Crippen molar-refractivity contribution in [2.45, 2.75) is 17.9 Å². The summed E-state index contributed by atoms with van der Waals surface area (Å²) in [6.07, 6.45) is -1.36. The van der Waals surface area contributed by atoms with Gasteiger partial charge >= 0.3 is 5.97 Å². The van der Waals surface area contributed by atoms with E-state index in [1.54, 1.807) is 0 Å². The fourth-order valence-corrected chi connectivity index (χ4v) is 2.45. The minimum absolute atomic E-state index is 0.148. The van der Waals surface area contributed by atoms with Gasteiger partial charge < -0.3 is 10.1 Å². The molecule has 0 aliphatic carbocycles. The fraction of sp³-hybridized carbons (Fsp3) is 0.125. The molecule has 10 heteroatoms. The average Bonchev–Trinajstić information content (AvgIpc) is 2.54. The van der Waals surface area contributed by atoms with E-state index in [2.05, 4.69) is 5.32 Å². The number of esters is 1. The number of primary sulfonamides is 1. The number of hydrogen-bond donors (Lipinski definition) is 2. The molecule has 0 radical (unpaired) electrons. The van der Waals surface area contributed by atoms with Gasteiger partial charge in [-0.2, -0.15) is 0 Å². The van der Waals surface area contributed by atoms with Crippen molar-refractivity contribution >= 4 is 27.6 Å². The lowest BCUT2D eigenvalue weighted by atomic mass is 10.2. The Kier molecular flexibility index (Phi) is 5.68. The number of ether oxygens (including phenoxy) is 1. The predicted molar refractivity (Wildman–Crippen MR) is 87.7 cm³/mol. The molecule has 7 nitrogen and oxygen atoms in total. The number of anilines is 1. The lowest BCUT2D eigenvalue weighted by Crippen LogP contribution is -2.30. The van der Waals surface area contributed by atoms with Crippen LogP contribution in [0.4, 0.5) is 14.5 Å². The molecule has 3 N–H and O–H groups in total. The summed E-state index contributed by atoms with van der Waals surface area (Å²) in [4.78, 5) is 23.7. The maximum Gasteiger partial charge on any atom is 0.344 e. The molecule has 26 heavy (non-hydrogen) atoms. The molecule has 0 aliphatic heterocycles. The van der Waals surface area contributed by atoms with Crippen LogP contribution in [-0.2, 0) is 19.6 Å². The Morgan fingerprint density at radius 1 is 1.08 bits per heavy atom. The van der Waals surface area contributed by atoms with Crippen molar-refractivity contribution in [2.24, 2.45) is 5.14 Å². The number of nitrogens with one attached hydrogen (secondary N) is 1. The van der Waals surface area contributed by atoms with Crippen molar-refractivity contribution < 1.29 is 31.5 Å². The second kappa shape index (κ2) is 7.58. The first-order valence-corrected chi connectivity index (χ1v) is 8.73. The molecule has 2 aromatic carbocycles. The third kappa shape index (κ3) is 4.61. The molecule has 1 atom stereocenters. The van der Waals surface area contributed by atoms with Crippen LogP contribution >= 0.6 is 0 Å². The van der Waals surface area contributed by atoms with Gasteiger partial charge in [0.15, 0.2) is 6.10 Å². The molecular weight excluding hydrogens is 370 g/mol. The second-order valence-electron chi connectivity index (χ2n) is 5.20. The lowest BCUT2D eigenvalue weighted by Gasteiger charge is -2.14. The highest BCUT2D eigenvalue weighted by Crippen LogP contribution is 2.16. The number of rotatable bonds is 5. The van der Waals surface area contributed by atoms with Gasteiger partial charge in [0.2, 0.25) is 10.0 Å². The topological polar surface area (TPSA) is 116 Å². The number of hydrogen-bond acceptors (Lipinski definition) is 5. The van der Waals surface area contributed by atoms with Crippen molar-refractivity contribution in [3.05, 3.63) is 59.7 Å². The number of amides is 1. The standard InChI is InChI=1S/C16H14F2N2O5S/c1-9(25-16(22)14-12(17)3-2-4-13(14)18)15(21)20-10-5-7-11(8-6-10)26(19,23)24/h2-9H,1H3,(H,20,21)(H2,19,23,24). The Morgan fingerprint density at radius 3 is 2.12 bits per heavy atom. The molecular formula is C16H14F2N2O5S. The highest BCUT2D eigenvalue weighted by molar-refractivity contribution is 7.89. The first-order chi connectivity index (χ1) is 12.1. The summed E-state index contributed by atoms with van der Waals surface area (Å²) in [5.74, 6) is -4.33. The average molecular weight is 384 g/mol. The Bertz CT molecular complexity index is 925. The summed E-state index contributed by atoms with van der Waals surface area (Å²) in [7, 11) is -3.87. The van der Waals surface area contributed by atoms with E-state index in [0.717, 1.165) is 18.2 Å². The molecule has 138 valence electrons. The zero-order chi connectivity index (χ0) is 19.5. The normalized spacial score (nSPS) is 12.3. The van der Waals surface area contributed by atoms with Gasteiger partial charge in [0.1, 0.15) is 17.2 Å². The zero-order valence-corrected chi connectivity index (χ0v) is 14.2. The first-order valence-electron chi connectivity index (χ1n) is 7.18. The number of sulfonamides is 1. The van der Waals surface area contributed by atoms with Crippen molar-refractivity contribution in [1.82, 2.24) is 0 Å². The molecule has 1 amide bonds. The van der Waals surface area contributed by atoms with Crippen molar-refractivity contribution in [2.75, 3.05) is 5.32 Å². The number of carbonyl (C=O) groups excluding carboxylic acids is 2. The molecule has 0 bridgehead atoms. The maximum absolute atomic E-state index is 13.5. The second-order valence-corrected chi connectivity index (χ2v) is 6.76. The van der Waals surface area contributed by atoms with Crippen LogP contribution in [-0.4, -0.2) is 26.4 Å². The molecule has 0 aliphatic rings. The van der Waals surface area contributed by atoms with Crippen LogP contribution < -0.4 is 10.5 Å². The third-order valence-corrected chi connectivity index (χ3v) is 4.20. The monoisotopic (exact) mass is 384 g/mol. The maximum atomic E-state index is 13.5. The van der Waals surface area contributed by atoms with Crippen LogP contribution in [0.2, 0.25) is 0 Å². The van der Waals surface area contributed by atoms with Gasteiger partial charge in [-0.3, -0.25) is 4.79 Å². The molecule has 0 heterocycles. The number of carbonyl (C=O) groups is 2. The molecule has 0 saturated carbocycles. The highest BCUT2D eigenvalue weighted by atomic mass is 32.2. The molecule has 0 fully saturated rings. The molecule has 1 unspecified atom stereocenters. The summed E-state index contributed by atoms with van der Waals surface area (Å²) in [5.41, 5.74) is -0.688. The van der Waals surface area contributed by atoms with E-state index in [1.807, 2.05) is 0 Å². The van der Waals surface area contributed by atoms with Gasteiger partial charge in [0, 0.05) is 5.69 Å². The van der Waals surface area contributed by atoms with Crippen LogP contribution in [0.5, 0.6) is 0 Å². The third-order valence-electron chi connectivity index (χ3n) is 3.27. The zero-order valence-electron chi connectivity index (χ0n) is 13.4. The van der Waals surface area contributed by atoms with Gasteiger partial charge in [-0.1, -0.05) is 6.07 Å². The fourth-order valence-electron chi connectivity index (χ4n) is 1.94. The highest BCUT2D eigenvalue weighted by Gasteiger charge is 2.24. The van der Waals surface area contributed by atoms with Gasteiger partial charge in [-0.15, -0.1) is 0 Å². The summed E-state index contributed by atoms with van der Waals surface area (Å²) >= 11 is 0. The van der Waals surface area contributed by atoms with E-state index >= 15 is 0 Å². The van der Waals surface area contributed by atoms with Crippen LogP contribution in [0.3, 0.4) is 0 Å². The van der Waals surface area contributed by atoms with E-state index in [9.17, 15) is 26.8 Å². The predicted octanol–water partition coefficient (Wildman–Crippen LogP) is 1.80. The van der Waals surface area contributed by atoms with E-state index in [4.69, 9.17) is 9.88 Å². The lowest BCUT2D eigenvalue weighted by molar-refractivity contribution is -0.123. The van der Waals surface area contributed by atoms with Crippen LogP contribution in [0.15, 0.2) is 47.4 Å². The van der Waals surface area contributed by atoms with Gasteiger partial charge in [0.05, 0.1) is 4.90 Å². The first kappa shape index (κ1) is 19.5. The molecule has 2 rings (SSSR count). The molecule has 0 spiro atoms. The van der Waals surface area contributed by atoms with Crippen LogP contribution in [0.25, 0.3) is 0 Å². The SMILES string of the molecule is CC(OC(=O)c1c(F)cccc1F)C(=O)Nc1ccc(S(N)(=O)=O)cc1. The smallest absolute Gasteiger partial charge is 0.344 e. The summed E-state index contributed by atoms with van der Waals surface area (Å²) < 4.78 is 54.1. The van der Waals surface area contributed by atoms with Crippen molar-refractivity contribution in [1.29, 1.82) is 0 Å². The van der Waals surface area contributed by atoms with Crippen LogP contribution in [0.1, 0.15) is 17.3 Å². The Morgan fingerprint density at radius 2 is 1.62 bits per heavy atom. The molecule has 0 aromatic heterocycles. The van der Waals surface area contributed by atoms with Crippen LogP contribution in [0, 0.1) is 11.6 Å². The number of halogens is 2. The van der Waals surface area contributed by atoms with Crippen molar-refractivity contribution in [3.63, 3.8) is 0 Å². The van der Waals surface area contributed by atoms with E-state index in [-0.39, 0.29) is 10.6 Å².